The maximum absolute atomic E-state index is 12.9. The van der Waals surface area contributed by atoms with Crippen molar-refractivity contribution in [2.75, 3.05) is 0 Å². The van der Waals surface area contributed by atoms with Crippen LogP contribution in [-0.4, -0.2) is 10.8 Å². The van der Waals surface area contributed by atoms with E-state index in [1.54, 1.807) is 12.1 Å². The number of halogens is 2. The van der Waals surface area contributed by atoms with Crippen molar-refractivity contribution in [2.45, 2.75) is 6.42 Å². The van der Waals surface area contributed by atoms with E-state index < -0.39 is 0 Å². The maximum atomic E-state index is 12.9. The van der Waals surface area contributed by atoms with Crippen LogP contribution in [0.3, 0.4) is 0 Å². The molecule has 21 heavy (non-hydrogen) atoms. The van der Waals surface area contributed by atoms with Crippen molar-refractivity contribution in [3.8, 4) is 0 Å². The second-order valence-corrected chi connectivity index (χ2v) is 5.59. The van der Waals surface area contributed by atoms with Crippen LogP contribution in [0.4, 0.5) is 4.39 Å². The molecule has 0 saturated carbocycles. The molecule has 0 radical (unpaired) electrons. The van der Waals surface area contributed by atoms with Crippen molar-refractivity contribution in [2.24, 2.45) is 0 Å². The Morgan fingerprint density at radius 1 is 1.10 bits per heavy atom. The second kappa shape index (κ2) is 5.74. The lowest BCUT2D eigenvalue weighted by Crippen LogP contribution is -2.07. The van der Waals surface area contributed by atoms with E-state index in [1.165, 1.54) is 12.1 Å². The number of para-hydroxylation sites is 1. The number of nitrogens with zero attached hydrogens (tertiary/aromatic N) is 1. The number of ketones is 1. The van der Waals surface area contributed by atoms with Gasteiger partial charge in [0.25, 0.3) is 0 Å². The molecule has 4 heteroatoms. The summed E-state index contributed by atoms with van der Waals surface area (Å²) in [6, 6.07) is 15.5. The van der Waals surface area contributed by atoms with Crippen molar-refractivity contribution in [3.63, 3.8) is 0 Å². The van der Waals surface area contributed by atoms with Crippen molar-refractivity contribution >= 4 is 32.6 Å². The first kappa shape index (κ1) is 13.9. The minimum absolute atomic E-state index is 0.0979. The minimum Gasteiger partial charge on any atom is -0.292 e. The molecule has 0 saturated heterocycles. The topological polar surface area (TPSA) is 30.0 Å². The lowest BCUT2D eigenvalue weighted by molar-refractivity contribution is 0.0987. The van der Waals surface area contributed by atoms with Gasteiger partial charge in [0.2, 0.25) is 0 Å². The van der Waals surface area contributed by atoms with Crippen LogP contribution >= 0.6 is 15.9 Å². The molecule has 1 aromatic heterocycles. The molecule has 3 rings (SSSR count). The van der Waals surface area contributed by atoms with E-state index in [0.717, 1.165) is 16.5 Å². The normalized spacial score (nSPS) is 10.8. The van der Waals surface area contributed by atoms with Gasteiger partial charge < -0.3 is 0 Å². The molecule has 0 spiro atoms. The SMILES string of the molecule is O=C(Cc1ccc(F)cc1)c1nc2ccccc2cc1Br. The summed E-state index contributed by atoms with van der Waals surface area (Å²) in [6.07, 6.45) is 0.199. The van der Waals surface area contributed by atoms with Gasteiger partial charge in [-0.2, -0.15) is 0 Å². The standard InChI is InChI=1S/C17H11BrFNO/c18-14-10-12-3-1-2-4-15(12)20-17(14)16(21)9-11-5-7-13(19)8-6-11/h1-8,10H,9H2. The van der Waals surface area contributed by atoms with E-state index in [4.69, 9.17) is 0 Å². The molecule has 0 amide bonds. The van der Waals surface area contributed by atoms with Crippen LogP contribution in [0.25, 0.3) is 10.9 Å². The van der Waals surface area contributed by atoms with Gasteiger partial charge in [0.1, 0.15) is 11.5 Å². The summed E-state index contributed by atoms with van der Waals surface area (Å²) in [5.74, 6) is -0.407. The molecule has 0 unspecified atom stereocenters. The van der Waals surface area contributed by atoms with Crippen molar-refractivity contribution in [1.29, 1.82) is 0 Å². The molecule has 0 fully saturated rings. The second-order valence-electron chi connectivity index (χ2n) is 4.74. The summed E-state index contributed by atoms with van der Waals surface area (Å²) >= 11 is 3.40. The Morgan fingerprint density at radius 2 is 1.81 bits per heavy atom. The van der Waals surface area contributed by atoms with Crippen LogP contribution in [0.15, 0.2) is 59.1 Å². The maximum Gasteiger partial charge on any atom is 0.186 e. The molecule has 3 aromatic rings. The summed E-state index contributed by atoms with van der Waals surface area (Å²) in [5.41, 5.74) is 1.95. The Morgan fingerprint density at radius 3 is 2.57 bits per heavy atom. The van der Waals surface area contributed by atoms with Crippen LogP contribution in [-0.2, 0) is 6.42 Å². The molecular weight excluding hydrogens is 333 g/mol. The van der Waals surface area contributed by atoms with Gasteiger partial charge in [-0.05, 0) is 45.8 Å². The van der Waals surface area contributed by atoms with Crippen molar-refractivity contribution < 1.29 is 9.18 Å². The highest BCUT2D eigenvalue weighted by molar-refractivity contribution is 9.10. The van der Waals surface area contributed by atoms with Crippen LogP contribution in [0.5, 0.6) is 0 Å². The van der Waals surface area contributed by atoms with E-state index in [-0.39, 0.29) is 18.0 Å². The molecule has 0 atom stereocenters. The van der Waals surface area contributed by atoms with Gasteiger partial charge in [0.15, 0.2) is 5.78 Å². The first-order valence-corrected chi connectivity index (χ1v) is 7.26. The number of rotatable bonds is 3. The van der Waals surface area contributed by atoms with E-state index in [0.29, 0.717) is 10.2 Å². The van der Waals surface area contributed by atoms with E-state index in [1.807, 2.05) is 30.3 Å². The quantitative estimate of drug-likeness (QED) is 0.652. The molecule has 0 aliphatic heterocycles. The Bertz CT molecular complexity index is 815. The zero-order valence-electron chi connectivity index (χ0n) is 11.0. The minimum atomic E-state index is -0.309. The monoisotopic (exact) mass is 343 g/mol. The fourth-order valence-electron chi connectivity index (χ4n) is 2.16. The summed E-state index contributed by atoms with van der Waals surface area (Å²) in [4.78, 5) is 16.8. The lowest BCUT2D eigenvalue weighted by atomic mass is 10.1. The highest BCUT2D eigenvalue weighted by atomic mass is 79.9. The third kappa shape index (κ3) is 3.00. The highest BCUT2D eigenvalue weighted by Crippen LogP contribution is 2.22. The molecule has 1 heterocycles. The first-order valence-electron chi connectivity index (χ1n) is 6.46. The number of Topliss-reactive ketones (excluding diaryl/α,β-unsaturated/α-hetero) is 1. The van der Waals surface area contributed by atoms with Crippen LogP contribution in [0.2, 0.25) is 0 Å². The van der Waals surface area contributed by atoms with Crippen LogP contribution in [0.1, 0.15) is 16.1 Å². The van der Waals surface area contributed by atoms with Gasteiger partial charge in [-0.1, -0.05) is 30.3 Å². The number of benzene rings is 2. The van der Waals surface area contributed by atoms with Gasteiger partial charge in [-0.15, -0.1) is 0 Å². The molecular formula is C17H11BrFNO. The molecule has 104 valence electrons. The van der Waals surface area contributed by atoms with E-state index in [2.05, 4.69) is 20.9 Å². The number of hydrogen-bond donors (Lipinski definition) is 0. The van der Waals surface area contributed by atoms with Crippen molar-refractivity contribution in [3.05, 3.63) is 76.1 Å². The fraction of sp³-hybridized carbons (Fsp3) is 0.0588. The lowest BCUT2D eigenvalue weighted by Gasteiger charge is -2.06. The number of fused-ring (bicyclic) bond motifs is 1. The Labute approximate surface area is 129 Å². The van der Waals surface area contributed by atoms with Gasteiger partial charge in [-0.3, -0.25) is 4.79 Å². The highest BCUT2D eigenvalue weighted by Gasteiger charge is 2.14. The predicted octanol–water partition coefficient (Wildman–Crippen LogP) is 4.56. The van der Waals surface area contributed by atoms with E-state index >= 15 is 0 Å². The summed E-state index contributed by atoms with van der Waals surface area (Å²) in [6.45, 7) is 0. The van der Waals surface area contributed by atoms with Gasteiger partial charge in [-0.25, -0.2) is 9.37 Å². The Kier molecular flexibility index (Phi) is 3.80. The van der Waals surface area contributed by atoms with Gasteiger partial charge in [0.05, 0.1) is 5.52 Å². The Balaban J connectivity index is 1.93. The number of aromatic nitrogens is 1. The third-order valence-corrected chi connectivity index (χ3v) is 3.82. The third-order valence-electron chi connectivity index (χ3n) is 3.22. The number of carbonyl (C=O) groups is 1. The molecule has 2 aromatic carbocycles. The molecule has 2 nitrogen and oxygen atoms in total. The summed E-state index contributed by atoms with van der Waals surface area (Å²) in [7, 11) is 0. The molecule has 0 bridgehead atoms. The van der Waals surface area contributed by atoms with Crippen LogP contribution < -0.4 is 0 Å². The average Bonchev–Trinajstić information content (AvgIpc) is 2.49. The zero-order valence-corrected chi connectivity index (χ0v) is 12.6. The fourth-order valence-corrected chi connectivity index (χ4v) is 2.71. The zero-order chi connectivity index (χ0) is 14.8. The average molecular weight is 344 g/mol. The number of pyridine rings is 1. The molecule has 0 aliphatic carbocycles. The molecule has 0 aliphatic rings. The van der Waals surface area contributed by atoms with Crippen LogP contribution in [0, 0.1) is 5.82 Å². The number of hydrogen-bond acceptors (Lipinski definition) is 2. The smallest absolute Gasteiger partial charge is 0.186 e. The van der Waals surface area contributed by atoms with E-state index in [9.17, 15) is 9.18 Å². The number of carbonyl (C=O) groups excluding carboxylic acids is 1. The van der Waals surface area contributed by atoms with Gasteiger partial charge in [0, 0.05) is 16.3 Å². The largest absolute Gasteiger partial charge is 0.292 e. The van der Waals surface area contributed by atoms with Gasteiger partial charge >= 0.3 is 0 Å². The molecule has 0 N–H and O–H groups in total. The predicted molar refractivity (Wildman–Crippen MR) is 83.9 cm³/mol. The summed E-state index contributed by atoms with van der Waals surface area (Å²) < 4.78 is 13.6. The Hall–Kier alpha value is -2.07. The van der Waals surface area contributed by atoms with Crippen molar-refractivity contribution in [1.82, 2.24) is 4.98 Å². The first-order chi connectivity index (χ1) is 10.1. The summed E-state index contributed by atoms with van der Waals surface area (Å²) in [5, 5.41) is 0.975.